The van der Waals surface area contributed by atoms with Gasteiger partial charge in [0.2, 0.25) is 0 Å². The second-order valence-corrected chi connectivity index (χ2v) is 4.33. The maximum absolute atomic E-state index is 10.7. The van der Waals surface area contributed by atoms with Gasteiger partial charge in [-0.2, -0.15) is 0 Å². The Kier molecular flexibility index (Phi) is 3.64. The van der Waals surface area contributed by atoms with Gasteiger partial charge in [-0.25, -0.2) is 0 Å². The van der Waals surface area contributed by atoms with Crippen molar-refractivity contribution >= 4 is 5.97 Å². The summed E-state index contributed by atoms with van der Waals surface area (Å²) >= 11 is 0. The zero-order valence-electron chi connectivity index (χ0n) is 9.80. The number of hydrogen-bond acceptors (Lipinski definition) is 4. The van der Waals surface area contributed by atoms with Gasteiger partial charge in [0, 0.05) is 12.1 Å². The third kappa shape index (κ3) is 2.88. The Hall–Kier alpha value is -1.85. The average molecular weight is 249 g/mol. The lowest BCUT2D eigenvalue weighted by atomic mass is 9.98. The molecule has 0 saturated carbocycles. The van der Waals surface area contributed by atoms with Crippen LogP contribution in [-0.4, -0.2) is 28.4 Å². The van der Waals surface area contributed by atoms with Crippen molar-refractivity contribution in [3.63, 3.8) is 0 Å². The van der Waals surface area contributed by atoms with Crippen LogP contribution in [0.5, 0.6) is 0 Å². The minimum Gasteiger partial charge on any atom is -0.481 e. The van der Waals surface area contributed by atoms with Gasteiger partial charge in [0.05, 0.1) is 13.0 Å². The Morgan fingerprint density at radius 2 is 2.06 bits per heavy atom. The molecule has 5 nitrogen and oxygen atoms in total. The molecular weight excluding hydrogens is 234 g/mol. The van der Waals surface area contributed by atoms with Crippen LogP contribution in [0.1, 0.15) is 12.0 Å². The van der Waals surface area contributed by atoms with Gasteiger partial charge < -0.3 is 10.2 Å². The molecule has 1 aromatic carbocycles. The minimum absolute atomic E-state index is 0.269. The molecule has 18 heavy (non-hydrogen) atoms. The molecule has 1 unspecified atom stereocenters. The summed E-state index contributed by atoms with van der Waals surface area (Å²) in [6.07, 6.45) is 1.99. The highest BCUT2D eigenvalue weighted by Gasteiger charge is 2.36. The zero-order chi connectivity index (χ0) is 13.0. The normalized spacial score (nSPS) is 22.4. The van der Waals surface area contributed by atoms with Gasteiger partial charge in [-0.15, -0.1) is 0 Å². The van der Waals surface area contributed by atoms with Crippen LogP contribution < -0.4 is 5.48 Å². The fraction of sp³-hybridized carbons (Fsp3) is 0.308. The third-order valence-electron chi connectivity index (χ3n) is 2.78. The predicted molar refractivity (Wildman–Crippen MR) is 64.5 cm³/mol. The molecule has 0 fully saturated rings. The minimum atomic E-state index is -1.16. The molecule has 3 N–H and O–H groups in total. The largest absolute Gasteiger partial charge is 0.481 e. The summed E-state index contributed by atoms with van der Waals surface area (Å²) in [4.78, 5) is 15.9. The lowest BCUT2D eigenvalue weighted by Crippen LogP contribution is -2.36. The molecule has 1 aliphatic rings. The predicted octanol–water partition coefficient (Wildman–Crippen LogP) is 0.854. The van der Waals surface area contributed by atoms with E-state index in [1.165, 1.54) is 0 Å². The van der Waals surface area contributed by atoms with Crippen molar-refractivity contribution in [3.05, 3.63) is 47.7 Å². The van der Waals surface area contributed by atoms with Crippen molar-refractivity contribution in [2.45, 2.75) is 18.4 Å². The summed E-state index contributed by atoms with van der Waals surface area (Å²) < 4.78 is 0. The van der Waals surface area contributed by atoms with Crippen LogP contribution in [0.4, 0.5) is 0 Å². The topological polar surface area (TPSA) is 78.8 Å². The molecule has 0 amide bonds. The zero-order valence-corrected chi connectivity index (χ0v) is 9.80. The van der Waals surface area contributed by atoms with Crippen molar-refractivity contribution in [2.75, 3.05) is 6.61 Å². The Labute approximate surface area is 105 Å². The van der Waals surface area contributed by atoms with E-state index in [0.717, 1.165) is 11.3 Å². The number of hydroxylamine groups is 1. The quantitative estimate of drug-likeness (QED) is 0.721. The monoisotopic (exact) mass is 249 g/mol. The fourth-order valence-electron chi connectivity index (χ4n) is 1.92. The lowest BCUT2D eigenvalue weighted by molar-refractivity contribution is -0.147. The first-order valence-corrected chi connectivity index (χ1v) is 5.66. The average Bonchev–Trinajstić information content (AvgIpc) is 2.73. The van der Waals surface area contributed by atoms with Gasteiger partial charge >= 0.3 is 5.97 Å². The van der Waals surface area contributed by atoms with E-state index in [1.54, 1.807) is 6.08 Å². The van der Waals surface area contributed by atoms with E-state index in [0.29, 0.717) is 6.42 Å². The Balaban J connectivity index is 2.09. The molecular formula is C13H15NO4. The number of aliphatic hydroxyl groups excluding tert-OH is 1. The molecule has 0 radical (unpaired) electrons. The van der Waals surface area contributed by atoms with E-state index in [2.05, 4.69) is 5.48 Å². The first kappa shape index (κ1) is 12.6. The Morgan fingerprint density at radius 1 is 1.33 bits per heavy atom. The number of carboxylic acids is 1. The highest BCUT2D eigenvalue weighted by atomic mass is 16.7. The maximum Gasteiger partial charge on any atom is 0.306 e. The summed E-state index contributed by atoms with van der Waals surface area (Å²) in [5, 5.41) is 18.1. The van der Waals surface area contributed by atoms with Gasteiger partial charge in [0.15, 0.2) is 0 Å². The first-order chi connectivity index (χ1) is 8.63. The molecule has 5 heteroatoms. The van der Waals surface area contributed by atoms with E-state index >= 15 is 0 Å². The third-order valence-corrected chi connectivity index (χ3v) is 2.78. The summed E-state index contributed by atoms with van der Waals surface area (Å²) in [5.74, 6) is -1.01. The lowest BCUT2D eigenvalue weighted by Gasteiger charge is -2.20. The number of carbonyl (C=O) groups is 1. The number of hydrogen-bond donors (Lipinski definition) is 3. The van der Waals surface area contributed by atoms with Crippen molar-refractivity contribution in [1.29, 1.82) is 0 Å². The fourth-order valence-corrected chi connectivity index (χ4v) is 1.92. The van der Waals surface area contributed by atoms with Crippen LogP contribution >= 0.6 is 0 Å². The number of rotatable bonds is 5. The summed E-state index contributed by atoms with van der Waals surface area (Å²) in [6, 6.07) is 9.74. The molecule has 0 saturated heterocycles. The van der Waals surface area contributed by atoms with Crippen molar-refractivity contribution < 1.29 is 19.8 Å². The van der Waals surface area contributed by atoms with E-state index in [4.69, 9.17) is 9.94 Å². The molecule has 0 aliphatic carbocycles. The summed E-state index contributed by atoms with van der Waals surface area (Å²) in [6.45, 7) is -0.370. The first-order valence-electron chi connectivity index (χ1n) is 5.66. The molecule has 1 aromatic rings. The molecule has 0 bridgehead atoms. The SMILES string of the molecule is O=C(O)CC1(CO)C=C(Cc2ccccc2)NO1. The van der Waals surface area contributed by atoms with Crippen LogP contribution in [-0.2, 0) is 16.1 Å². The second-order valence-electron chi connectivity index (χ2n) is 4.33. The number of benzene rings is 1. The number of allylic oxidation sites excluding steroid dienone is 1. The Morgan fingerprint density at radius 3 is 2.67 bits per heavy atom. The molecule has 1 heterocycles. The maximum atomic E-state index is 10.7. The molecule has 0 aromatic heterocycles. The highest BCUT2D eigenvalue weighted by molar-refractivity contribution is 5.69. The number of nitrogens with one attached hydrogen (secondary N) is 1. The van der Waals surface area contributed by atoms with Crippen molar-refractivity contribution in [2.24, 2.45) is 0 Å². The van der Waals surface area contributed by atoms with Crippen LogP contribution in [0.15, 0.2) is 42.1 Å². The summed E-state index contributed by atoms with van der Waals surface area (Å²) in [7, 11) is 0. The molecule has 1 aliphatic heterocycles. The standard InChI is InChI=1S/C13H15NO4/c15-9-13(8-12(16)17)7-11(14-18-13)6-10-4-2-1-3-5-10/h1-5,7,14-15H,6,8-9H2,(H,16,17). The molecule has 96 valence electrons. The molecule has 2 rings (SSSR count). The summed E-state index contributed by atoms with van der Waals surface area (Å²) in [5.41, 5.74) is 3.38. The van der Waals surface area contributed by atoms with Crippen LogP contribution in [0.3, 0.4) is 0 Å². The van der Waals surface area contributed by atoms with Gasteiger partial charge in [-0.3, -0.25) is 15.1 Å². The highest BCUT2D eigenvalue weighted by Crippen LogP contribution is 2.25. The van der Waals surface area contributed by atoms with Crippen molar-refractivity contribution in [3.8, 4) is 0 Å². The second kappa shape index (κ2) is 5.20. The van der Waals surface area contributed by atoms with Crippen molar-refractivity contribution in [1.82, 2.24) is 5.48 Å². The Bertz CT molecular complexity index is 457. The van der Waals surface area contributed by atoms with Crippen LogP contribution in [0.2, 0.25) is 0 Å². The van der Waals surface area contributed by atoms with Gasteiger partial charge in [-0.05, 0) is 11.6 Å². The van der Waals surface area contributed by atoms with Crippen LogP contribution in [0, 0.1) is 0 Å². The van der Waals surface area contributed by atoms with E-state index < -0.39 is 11.6 Å². The van der Waals surface area contributed by atoms with Gasteiger partial charge in [0.1, 0.15) is 5.60 Å². The van der Waals surface area contributed by atoms with E-state index in [1.807, 2.05) is 30.3 Å². The van der Waals surface area contributed by atoms with Gasteiger partial charge in [0.25, 0.3) is 0 Å². The number of carboxylic acid groups (broad SMARTS) is 1. The van der Waals surface area contributed by atoms with E-state index in [-0.39, 0.29) is 13.0 Å². The molecule has 0 spiro atoms. The van der Waals surface area contributed by atoms with E-state index in [9.17, 15) is 9.90 Å². The van der Waals surface area contributed by atoms with Crippen LogP contribution in [0.25, 0.3) is 0 Å². The van der Waals surface area contributed by atoms with Gasteiger partial charge in [-0.1, -0.05) is 30.3 Å². The number of aliphatic carboxylic acids is 1. The molecule has 1 atom stereocenters. The number of aliphatic hydroxyl groups is 1. The smallest absolute Gasteiger partial charge is 0.306 e.